The van der Waals surface area contributed by atoms with E-state index in [2.05, 4.69) is 13.0 Å². The Morgan fingerprint density at radius 1 is 1.62 bits per heavy atom. The second-order valence-electron chi connectivity index (χ2n) is 1.58. The van der Waals surface area contributed by atoms with Gasteiger partial charge in [0, 0.05) is 0 Å². The maximum atomic E-state index is 5.16. The van der Waals surface area contributed by atoms with Crippen LogP contribution in [0.3, 0.4) is 0 Å². The van der Waals surface area contributed by atoms with Crippen LogP contribution in [0.15, 0.2) is 23.9 Å². The minimum Gasteiger partial charge on any atom is -0.405 e. The highest BCUT2D eigenvalue weighted by Crippen LogP contribution is 1.99. The first-order valence-electron chi connectivity index (χ1n) is 2.88. The van der Waals surface area contributed by atoms with Gasteiger partial charge in [0.1, 0.15) is 0 Å². The summed E-state index contributed by atoms with van der Waals surface area (Å²) >= 11 is 0. The van der Waals surface area contributed by atoms with E-state index >= 15 is 0 Å². The molecule has 0 radical (unpaired) electrons. The van der Waals surface area contributed by atoms with E-state index in [0.717, 1.165) is 6.42 Å². The molecule has 0 bridgehead atoms. The number of allylic oxidation sites excluding steroid dienone is 3. The Labute approximate surface area is 50.9 Å². The summed E-state index contributed by atoms with van der Waals surface area (Å²) in [6.07, 6.45) is 6.60. The molecule has 8 heavy (non-hydrogen) atoms. The first kappa shape index (κ1) is 7.28. The van der Waals surface area contributed by atoms with Crippen molar-refractivity contribution in [2.24, 2.45) is 5.73 Å². The predicted octanol–water partition coefficient (Wildman–Crippen LogP) is 1.82. The van der Waals surface area contributed by atoms with Crippen molar-refractivity contribution in [2.45, 2.75) is 20.3 Å². The third-order valence-electron chi connectivity index (χ3n) is 1.09. The Kier molecular flexibility index (Phi) is 4.04. The summed E-state index contributed by atoms with van der Waals surface area (Å²) in [4.78, 5) is 0. The molecule has 46 valence electrons. The Hall–Kier alpha value is -0.720. The van der Waals surface area contributed by atoms with Gasteiger partial charge in [0.05, 0.1) is 0 Å². The zero-order valence-electron chi connectivity index (χ0n) is 5.52. The third-order valence-corrected chi connectivity index (χ3v) is 1.09. The maximum absolute atomic E-state index is 5.16. The number of rotatable bonds is 2. The summed E-state index contributed by atoms with van der Waals surface area (Å²) in [6, 6.07) is 0. The minimum atomic E-state index is 1.06. The lowest BCUT2D eigenvalue weighted by Crippen LogP contribution is -1.78. The molecule has 0 rings (SSSR count). The summed E-state index contributed by atoms with van der Waals surface area (Å²) in [5, 5.41) is 0. The highest BCUT2D eigenvalue weighted by molar-refractivity contribution is 5.15. The van der Waals surface area contributed by atoms with Gasteiger partial charge in [-0.15, -0.1) is 0 Å². The van der Waals surface area contributed by atoms with Gasteiger partial charge in [-0.3, -0.25) is 0 Å². The van der Waals surface area contributed by atoms with Crippen LogP contribution in [0.2, 0.25) is 0 Å². The normalized spacial score (nSPS) is 13.0. The molecule has 0 aliphatic rings. The van der Waals surface area contributed by atoms with Gasteiger partial charge in [-0.25, -0.2) is 0 Å². The van der Waals surface area contributed by atoms with Crippen molar-refractivity contribution in [2.75, 3.05) is 0 Å². The molecule has 1 heteroatoms. The molecular weight excluding hydrogens is 98.1 g/mol. The van der Waals surface area contributed by atoms with Crippen LogP contribution in [0, 0.1) is 0 Å². The zero-order valence-corrected chi connectivity index (χ0v) is 5.52. The molecule has 0 spiro atoms. The Morgan fingerprint density at radius 3 is 2.38 bits per heavy atom. The molecule has 0 heterocycles. The largest absolute Gasteiger partial charge is 0.405 e. The molecular formula is C7H13N. The van der Waals surface area contributed by atoms with Gasteiger partial charge in [0.15, 0.2) is 0 Å². The number of hydrogen-bond donors (Lipinski definition) is 1. The quantitative estimate of drug-likeness (QED) is 0.540. The van der Waals surface area contributed by atoms with Crippen molar-refractivity contribution in [3.8, 4) is 0 Å². The fourth-order valence-electron chi connectivity index (χ4n) is 0.542. The maximum Gasteiger partial charge on any atom is -0.00597 e. The standard InChI is InChI=1S/C7H13N/c1-3-7(4-2)5-6-8/h3,5-6H,4,8H2,1-2H3/b6-5-,7-3-. The lowest BCUT2D eigenvalue weighted by molar-refractivity contribution is 1.14. The molecule has 0 saturated heterocycles. The van der Waals surface area contributed by atoms with E-state index in [4.69, 9.17) is 5.73 Å². The molecule has 0 aromatic heterocycles. The molecule has 0 saturated carbocycles. The monoisotopic (exact) mass is 111 g/mol. The van der Waals surface area contributed by atoms with Gasteiger partial charge in [0.2, 0.25) is 0 Å². The SMILES string of the molecule is C/C=C(\C=C/N)CC. The molecule has 0 aromatic carbocycles. The van der Waals surface area contributed by atoms with Gasteiger partial charge >= 0.3 is 0 Å². The summed E-state index contributed by atoms with van der Waals surface area (Å²) in [7, 11) is 0. The Morgan fingerprint density at radius 2 is 2.25 bits per heavy atom. The van der Waals surface area contributed by atoms with Crippen molar-refractivity contribution in [3.63, 3.8) is 0 Å². The lowest BCUT2D eigenvalue weighted by atomic mass is 10.2. The molecule has 0 aromatic rings. The van der Waals surface area contributed by atoms with Gasteiger partial charge in [-0.05, 0) is 25.6 Å². The van der Waals surface area contributed by atoms with Crippen LogP contribution >= 0.6 is 0 Å². The van der Waals surface area contributed by atoms with Crippen LogP contribution in [0.1, 0.15) is 20.3 Å². The lowest BCUT2D eigenvalue weighted by Gasteiger charge is -1.89. The fraction of sp³-hybridized carbons (Fsp3) is 0.429. The van der Waals surface area contributed by atoms with Gasteiger partial charge in [0.25, 0.3) is 0 Å². The first-order chi connectivity index (χ1) is 3.85. The number of hydrogen-bond acceptors (Lipinski definition) is 1. The van der Waals surface area contributed by atoms with E-state index in [1.165, 1.54) is 5.57 Å². The van der Waals surface area contributed by atoms with Crippen molar-refractivity contribution in [3.05, 3.63) is 23.9 Å². The van der Waals surface area contributed by atoms with Crippen LogP contribution in [-0.4, -0.2) is 0 Å². The van der Waals surface area contributed by atoms with Gasteiger partial charge in [-0.2, -0.15) is 0 Å². The van der Waals surface area contributed by atoms with E-state index in [-0.39, 0.29) is 0 Å². The summed E-state index contributed by atoms with van der Waals surface area (Å²) in [5.74, 6) is 0. The molecule has 1 nitrogen and oxygen atoms in total. The average molecular weight is 111 g/mol. The average Bonchev–Trinajstić information content (AvgIpc) is 1.83. The smallest absolute Gasteiger partial charge is 0.00597 e. The molecule has 0 amide bonds. The summed E-state index contributed by atoms with van der Waals surface area (Å²) in [6.45, 7) is 4.12. The van der Waals surface area contributed by atoms with Crippen molar-refractivity contribution in [1.82, 2.24) is 0 Å². The first-order valence-corrected chi connectivity index (χ1v) is 2.88. The van der Waals surface area contributed by atoms with Crippen molar-refractivity contribution < 1.29 is 0 Å². The van der Waals surface area contributed by atoms with E-state index in [1.54, 1.807) is 6.20 Å². The molecule has 0 fully saturated rings. The van der Waals surface area contributed by atoms with Crippen LogP contribution in [0.25, 0.3) is 0 Å². The highest BCUT2D eigenvalue weighted by Gasteiger charge is 1.79. The van der Waals surface area contributed by atoms with Crippen molar-refractivity contribution in [1.29, 1.82) is 0 Å². The highest BCUT2D eigenvalue weighted by atomic mass is 14.5. The topological polar surface area (TPSA) is 26.0 Å². The summed E-state index contributed by atoms with van der Waals surface area (Å²) in [5.41, 5.74) is 6.44. The number of nitrogens with two attached hydrogens (primary N) is 1. The summed E-state index contributed by atoms with van der Waals surface area (Å²) < 4.78 is 0. The molecule has 0 atom stereocenters. The predicted molar refractivity (Wildman–Crippen MR) is 37.4 cm³/mol. The van der Waals surface area contributed by atoms with Gasteiger partial charge < -0.3 is 5.73 Å². The van der Waals surface area contributed by atoms with Crippen molar-refractivity contribution >= 4 is 0 Å². The van der Waals surface area contributed by atoms with Gasteiger partial charge in [-0.1, -0.05) is 18.6 Å². The van der Waals surface area contributed by atoms with Crippen LogP contribution < -0.4 is 5.73 Å². The van der Waals surface area contributed by atoms with Crippen LogP contribution in [0.4, 0.5) is 0 Å². The minimum absolute atomic E-state index is 1.06. The van der Waals surface area contributed by atoms with E-state index in [0.29, 0.717) is 0 Å². The molecule has 0 unspecified atom stereocenters. The Bertz CT molecular complexity index is 98.2. The van der Waals surface area contributed by atoms with E-state index in [9.17, 15) is 0 Å². The molecule has 2 N–H and O–H groups in total. The van der Waals surface area contributed by atoms with Crippen LogP contribution in [0.5, 0.6) is 0 Å². The van der Waals surface area contributed by atoms with E-state index in [1.807, 2.05) is 13.0 Å². The Balaban J connectivity index is 3.72. The zero-order chi connectivity index (χ0) is 6.41. The second kappa shape index (κ2) is 4.44. The molecule has 0 aliphatic heterocycles. The molecule has 0 aliphatic carbocycles. The van der Waals surface area contributed by atoms with E-state index < -0.39 is 0 Å². The fourth-order valence-corrected chi connectivity index (χ4v) is 0.542. The third kappa shape index (κ3) is 2.45. The second-order valence-corrected chi connectivity index (χ2v) is 1.58. The van der Waals surface area contributed by atoms with Crippen LogP contribution in [-0.2, 0) is 0 Å².